The molecule has 0 amide bonds. The fraction of sp³-hybridized carbons (Fsp3) is 0.188. The van der Waals surface area contributed by atoms with Crippen LogP contribution < -0.4 is 4.90 Å². The van der Waals surface area contributed by atoms with Crippen molar-refractivity contribution in [1.29, 1.82) is 0 Å². The number of allylic oxidation sites excluding steroid dienone is 1. The van der Waals surface area contributed by atoms with Crippen LogP contribution >= 0.6 is 0 Å². The van der Waals surface area contributed by atoms with Crippen molar-refractivity contribution < 1.29 is 9.21 Å². The number of para-hydroxylation sites is 1. The summed E-state index contributed by atoms with van der Waals surface area (Å²) < 4.78 is 5.13. The highest BCUT2D eigenvalue weighted by molar-refractivity contribution is 5.93. The summed E-state index contributed by atoms with van der Waals surface area (Å²) in [6.45, 7) is 0.700. The van der Waals surface area contributed by atoms with E-state index >= 15 is 0 Å². The normalized spacial score (nSPS) is 10.8. The van der Waals surface area contributed by atoms with Crippen LogP contribution in [-0.2, 0) is 4.79 Å². The molecule has 0 spiro atoms. The van der Waals surface area contributed by atoms with Crippen molar-refractivity contribution in [2.45, 2.75) is 6.42 Å². The molecule has 98 valence electrons. The molecule has 1 heterocycles. The van der Waals surface area contributed by atoms with Gasteiger partial charge in [0.1, 0.15) is 5.76 Å². The van der Waals surface area contributed by atoms with E-state index in [2.05, 4.69) is 4.90 Å². The third kappa shape index (κ3) is 4.14. The van der Waals surface area contributed by atoms with Crippen LogP contribution in [0.3, 0.4) is 0 Å². The predicted octanol–water partition coefficient (Wildman–Crippen LogP) is 3.39. The molecule has 0 N–H and O–H groups in total. The molecule has 0 aliphatic carbocycles. The smallest absolute Gasteiger partial charge is 0.157 e. The maximum Gasteiger partial charge on any atom is 0.157 e. The Bertz CT molecular complexity index is 529. The lowest BCUT2D eigenvalue weighted by Crippen LogP contribution is -2.20. The van der Waals surface area contributed by atoms with Crippen molar-refractivity contribution >= 4 is 17.5 Å². The first kappa shape index (κ1) is 13.1. The standard InChI is InChI=1S/C16H17NO2/c1-17(14-6-3-2-4-7-14)12-11-15(18)9-10-16-8-5-13-19-16/h2-10,13H,11-12H2,1H3. The van der Waals surface area contributed by atoms with E-state index in [0.29, 0.717) is 18.7 Å². The summed E-state index contributed by atoms with van der Waals surface area (Å²) in [5.74, 6) is 0.795. The van der Waals surface area contributed by atoms with Crippen LogP contribution in [0.5, 0.6) is 0 Å². The second-order valence-electron chi connectivity index (χ2n) is 4.32. The van der Waals surface area contributed by atoms with Gasteiger partial charge in [-0.3, -0.25) is 4.79 Å². The topological polar surface area (TPSA) is 33.5 Å². The van der Waals surface area contributed by atoms with Gasteiger partial charge in [-0.1, -0.05) is 18.2 Å². The second-order valence-corrected chi connectivity index (χ2v) is 4.32. The SMILES string of the molecule is CN(CCC(=O)C=Cc1ccco1)c1ccccc1. The van der Waals surface area contributed by atoms with Crippen molar-refractivity contribution in [3.8, 4) is 0 Å². The Labute approximate surface area is 113 Å². The van der Waals surface area contributed by atoms with E-state index in [4.69, 9.17) is 4.42 Å². The average molecular weight is 255 g/mol. The molecule has 0 bridgehead atoms. The van der Waals surface area contributed by atoms with Gasteiger partial charge in [0.25, 0.3) is 0 Å². The van der Waals surface area contributed by atoms with Gasteiger partial charge in [0.2, 0.25) is 0 Å². The number of hydrogen-bond acceptors (Lipinski definition) is 3. The monoisotopic (exact) mass is 255 g/mol. The van der Waals surface area contributed by atoms with Gasteiger partial charge in [-0.15, -0.1) is 0 Å². The van der Waals surface area contributed by atoms with Crippen LogP contribution in [0.4, 0.5) is 5.69 Å². The Morgan fingerprint density at radius 2 is 2.00 bits per heavy atom. The lowest BCUT2D eigenvalue weighted by Gasteiger charge is -2.18. The Balaban J connectivity index is 1.81. The van der Waals surface area contributed by atoms with E-state index in [-0.39, 0.29) is 5.78 Å². The van der Waals surface area contributed by atoms with Crippen molar-refractivity contribution in [1.82, 2.24) is 0 Å². The number of anilines is 1. The number of nitrogens with zero attached hydrogens (tertiary/aromatic N) is 1. The Morgan fingerprint density at radius 1 is 1.21 bits per heavy atom. The van der Waals surface area contributed by atoms with Crippen molar-refractivity contribution in [2.24, 2.45) is 0 Å². The van der Waals surface area contributed by atoms with E-state index in [9.17, 15) is 4.79 Å². The van der Waals surface area contributed by atoms with E-state index in [1.807, 2.05) is 43.4 Å². The van der Waals surface area contributed by atoms with Crippen LogP contribution in [0.2, 0.25) is 0 Å². The number of carbonyl (C=O) groups is 1. The minimum atomic E-state index is 0.0965. The van der Waals surface area contributed by atoms with Gasteiger partial charge < -0.3 is 9.32 Å². The van der Waals surface area contributed by atoms with E-state index in [1.54, 1.807) is 24.5 Å². The Hall–Kier alpha value is -2.29. The van der Waals surface area contributed by atoms with Gasteiger partial charge in [0, 0.05) is 25.7 Å². The lowest BCUT2D eigenvalue weighted by molar-refractivity contribution is -0.114. The van der Waals surface area contributed by atoms with Crippen LogP contribution in [0.1, 0.15) is 12.2 Å². The average Bonchev–Trinajstić information content (AvgIpc) is 2.96. The minimum absolute atomic E-state index is 0.0965. The zero-order valence-corrected chi connectivity index (χ0v) is 11.0. The molecule has 1 aromatic heterocycles. The number of ketones is 1. The summed E-state index contributed by atoms with van der Waals surface area (Å²) in [7, 11) is 1.98. The van der Waals surface area contributed by atoms with Crippen LogP contribution in [0.15, 0.2) is 59.2 Å². The van der Waals surface area contributed by atoms with Crippen molar-refractivity contribution in [2.75, 3.05) is 18.5 Å². The molecular weight excluding hydrogens is 238 g/mol. The first-order valence-corrected chi connectivity index (χ1v) is 6.26. The molecule has 0 saturated heterocycles. The molecule has 2 rings (SSSR count). The zero-order chi connectivity index (χ0) is 13.5. The summed E-state index contributed by atoms with van der Waals surface area (Å²) in [5.41, 5.74) is 1.12. The van der Waals surface area contributed by atoms with E-state index in [1.165, 1.54) is 0 Å². The Morgan fingerprint density at radius 3 is 2.68 bits per heavy atom. The predicted molar refractivity (Wildman–Crippen MR) is 77.1 cm³/mol. The van der Waals surface area contributed by atoms with Crippen LogP contribution in [-0.4, -0.2) is 19.4 Å². The molecular formula is C16H17NO2. The molecule has 19 heavy (non-hydrogen) atoms. The van der Waals surface area contributed by atoms with Gasteiger partial charge in [0.05, 0.1) is 6.26 Å². The summed E-state index contributed by atoms with van der Waals surface area (Å²) in [4.78, 5) is 13.8. The first-order valence-electron chi connectivity index (χ1n) is 6.26. The largest absolute Gasteiger partial charge is 0.465 e. The second kappa shape index (κ2) is 6.59. The first-order chi connectivity index (χ1) is 9.25. The third-order valence-electron chi connectivity index (χ3n) is 2.87. The molecule has 3 heteroatoms. The van der Waals surface area contributed by atoms with E-state index in [0.717, 1.165) is 5.69 Å². The molecule has 0 aliphatic rings. The highest BCUT2D eigenvalue weighted by Crippen LogP contribution is 2.11. The Kier molecular flexibility index (Phi) is 4.56. The number of benzene rings is 1. The molecule has 1 aromatic carbocycles. The van der Waals surface area contributed by atoms with Crippen LogP contribution in [0.25, 0.3) is 6.08 Å². The zero-order valence-electron chi connectivity index (χ0n) is 11.0. The van der Waals surface area contributed by atoms with Gasteiger partial charge in [-0.05, 0) is 36.4 Å². The third-order valence-corrected chi connectivity index (χ3v) is 2.87. The van der Waals surface area contributed by atoms with Gasteiger partial charge in [-0.25, -0.2) is 0 Å². The quantitative estimate of drug-likeness (QED) is 0.742. The number of furan rings is 1. The van der Waals surface area contributed by atoms with E-state index < -0.39 is 0 Å². The summed E-state index contributed by atoms with van der Waals surface area (Å²) in [6, 6.07) is 13.6. The molecule has 2 aromatic rings. The molecule has 0 saturated carbocycles. The number of rotatable bonds is 6. The number of carbonyl (C=O) groups excluding carboxylic acids is 1. The van der Waals surface area contributed by atoms with Crippen molar-refractivity contribution in [3.63, 3.8) is 0 Å². The fourth-order valence-electron chi connectivity index (χ4n) is 1.73. The summed E-state index contributed by atoms with van der Waals surface area (Å²) >= 11 is 0. The highest BCUT2D eigenvalue weighted by atomic mass is 16.3. The van der Waals surface area contributed by atoms with Gasteiger partial charge in [-0.2, -0.15) is 0 Å². The molecule has 0 atom stereocenters. The van der Waals surface area contributed by atoms with Gasteiger partial charge >= 0.3 is 0 Å². The summed E-state index contributed by atoms with van der Waals surface area (Å²) in [6.07, 6.45) is 5.35. The maximum absolute atomic E-state index is 11.7. The van der Waals surface area contributed by atoms with Crippen LogP contribution in [0, 0.1) is 0 Å². The number of hydrogen-bond donors (Lipinski definition) is 0. The lowest BCUT2D eigenvalue weighted by atomic mass is 10.2. The van der Waals surface area contributed by atoms with Gasteiger partial charge in [0.15, 0.2) is 5.78 Å². The highest BCUT2D eigenvalue weighted by Gasteiger charge is 2.03. The molecule has 0 radical (unpaired) electrons. The minimum Gasteiger partial charge on any atom is -0.465 e. The molecule has 0 fully saturated rings. The maximum atomic E-state index is 11.7. The molecule has 0 unspecified atom stereocenters. The summed E-state index contributed by atoms with van der Waals surface area (Å²) in [5, 5.41) is 0. The van der Waals surface area contributed by atoms with Crippen molar-refractivity contribution in [3.05, 3.63) is 60.6 Å². The fourth-order valence-corrected chi connectivity index (χ4v) is 1.73. The molecule has 0 aliphatic heterocycles. The molecule has 3 nitrogen and oxygen atoms in total.